The fourth-order valence-corrected chi connectivity index (χ4v) is 2.88. The highest BCUT2D eigenvalue weighted by molar-refractivity contribution is 4.89. The average molecular weight is 280 g/mol. The molecule has 0 amide bonds. The molecule has 0 aliphatic heterocycles. The average Bonchev–Trinajstić information content (AvgIpc) is 2.37. The summed E-state index contributed by atoms with van der Waals surface area (Å²) in [5.74, 6) is 0. The van der Waals surface area contributed by atoms with E-state index in [0.29, 0.717) is 13.0 Å². The smallest absolute Gasteiger partial charge is 0.317 e. The van der Waals surface area contributed by atoms with Crippen LogP contribution in [0.15, 0.2) is 0 Å². The normalized spacial score (nSPS) is 19.6. The van der Waals surface area contributed by atoms with Crippen molar-refractivity contribution in [3.05, 3.63) is 0 Å². The van der Waals surface area contributed by atoms with Gasteiger partial charge in [-0.3, -0.25) is 0 Å². The summed E-state index contributed by atoms with van der Waals surface area (Å²) in [5, 5.41) is 6.72. The van der Waals surface area contributed by atoms with Gasteiger partial charge in [-0.15, -0.1) is 0 Å². The summed E-state index contributed by atoms with van der Waals surface area (Å²) in [4.78, 5) is 0. The topological polar surface area (TPSA) is 24.1 Å². The van der Waals surface area contributed by atoms with Gasteiger partial charge in [0.1, 0.15) is 0 Å². The Balaban J connectivity index is 2.03. The number of hydrogen-bond acceptors (Lipinski definition) is 2. The Morgan fingerprint density at radius 3 is 2.26 bits per heavy atom. The van der Waals surface area contributed by atoms with Crippen molar-refractivity contribution in [1.82, 2.24) is 10.6 Å². The van der Waals surface area contributed by atoms with Gasteiger partial charge >= 0.3 is 6.18 Å². The Hall–Kier alpha value is -0.290. The van der Waals surface area contributed by atoms with Gasteiger partial charge in [0, 0.05) is 12.0 Å². The number of rotatable bonds is 8. The first-order valence-electron chi connectivity index (χ1n) is 7.44. The van der Waals surface area contributed by atoms with Crippen LogP contribution in [0.4, 0.5) is 13.2 Å². The standard InChI is InChI=1S/C14H27F3N2/c1-18-13(7-3-2-4-8-13)10-12-19-11-6-5-9-14(15,16)17/h18-19H,2-12H2,1H3. The van der Waals surface area contributed by atoms with Gasteiger partial charge in [0.25, 0.3) is 0 Å². The van der Waals surface area contributed by atoms with Gasteiger partial charge in [-0.05, 0) is 52.2 Å². The fraction of sp³-hybridized carbons (Fsp3) is 1.00. The number of halogens is 3. The van der Waals surface area contributed by atoms with E-state index in [4.69, 9.17) is 0 Å². The first-order chi connectivity index (χ1) is 8.97. The highest BCUT2D eigenvalue weighted by atomic mass is 19.4. The van der Waals surface area contributed by atoms with Crippen molar-refractivity contribution in [2.24, 2.45) is 0 Å². The Bertz CT molecular complexity index is 235. The van der Waals surface area contributed by atoms with Crippen LogP contribution in [0, 0.1) is 0 Å². The molecule has 0 aromatic carbocycles. The van der Waals surface area contributed by atoms with Crippen LogP contribution < -0.4 is 10.6 Å². The zero-order valence-corrected chi connectivity index (χ0v) is 11.9. The summed E-state index contributed by atoms with van der Waals surface area (Å²) in [6, 6.07) is 0. The highest BCUT2D eigenvalue weighted by Gasteiger charge is 2.29. The molecule has 1 aliphatic carbocycles. The summed E-state index contributed by atoms with van der Waals surface area (Å²) < 4.78 is 35.8. The minimum absolute atomic E-state index is 0.230. The van der Waals surface area contributed by atoms with Gasteiger partial charge in [0.2, 0.25) is 0 Å². The minimum Gasteiger partial charge on any atom is -0.317 e. The lowest BCUT2D eigenvalue weighted by Crippen LogP contribution is -2.46. The molecule has 19 heavy (non-hydrogen) atoms. The van der Waals surface area contributed by atoms with Gasteiger partial charge in [-0.2, -0.15) is 13.2 Å². The highest BCUT2D eigenvalue weighted by Crippen LogP contribution is 2.30. The van der Waals surface area contributed by atoms with Crippen LogP contribution in [0.1, 0.15) is 57.8 Å². The molecule has 0 aromatic heterocycles. The minimum atomic E-state index is -4.00. The van der Waals surface area contributed by atoms with Gasteiger partial charge in [-0.25, -0.2) is 0 Å². The van der Waals surface area contributed by atoms with Crippen LogP contribution in [0.3, 0.4) is 0 Å². The van der Waals surface area contributed by atoms with Gasteiger partial charge in [-0.1, -0.05) is 19.3 Å². The summed E-state index contributed by atoms with van der Waals surface area (Å²) in [6.07, 6.45) is 3.58. The molecule has 1 fully saturated rings. The second kappa shape index (κ2) is 8.10. The van der Waals surface area contributed by atoms with Crippen molar-refractivity contribution < 1.29 is 13.2 Å². The maximum atomic E-state index is 11.9. The Labute approximate surface area is 114 Å². The Kier molecular flexibility index (Phi) is 7.15. The molecule has 1 rings (SSSR count). The lowest BCUT2D eigenvalue weighted by atomic mass is 9.79. The van der Waals surface area contributed by atoms with Gasteiger partial charge in [0.15, 0.2) is 0 Å². The zero-order chi connectivity index (χ0) is 14.2. The largest absolute Gasteiger partial charge is 0.389 e. The maximum Gasteiger partial charge on any atom is 0.389 e. The third-order valence-corrected chi connectivity index (χ3v) is 4.19. The van der Waals surface area contributed by atoms with Crippen molar-refractivity contribution in [3.8, 4) is 0 Å². The van der Waals surface area contributed by atoms with E-state index in [1.165, 1.54) is 32.1 Å². The first-order valence-corrected chi connectivity index (χ1v) is 7.44. The second-order valence-corrected chi connectivity index (χ2v) is 5.66. The Morgan fingerprint density at radius 2 is 1.68 bits per heavy atom. The molecule has 0 aromatic rings. The second-order valence-electron chi connectivity index (χ2n) is 5.66. The molecule has 1 saturated carbocycles. The maximum absolute atomic E-state index is 11.9. The van der Waals surface area contributed by atoms with E-state index in [0.717, 1.165) is 13.0 Å². The van der Waals surface area contributed by atoms with E-state index in [1.807, 2.05) is 7.05 Å². The molecule has 0 atom stereocenters. The summed E-state index contributed by atoms with van der Waals surface area (Å²) in [6.45, 7) is 1.59. The van der Waals surface area contributed by atoms with Crippen molar-refractivity contribution in [2.75, 3.05) is 20.1 Å². The molecule has 0 radical (unpaired) electrons. The lowest BCUT2D eigenvalue weighted by molar-refractivity contribution is -0.135. The summed E-state index contributed by atoms with van der Waals surface area (Å²) in [5.41, 5.74) is 0.261. The molecule has 0 unspecified atom stereocenters. The van der Waals surface area contributed by atoms with Gasteiger partial charge in [0.05, 0.1) is 0 Å². The van der Waals surface area contributed by atoms with Crippen LogP contribution in [0.2, 0.25) is 0 Å². The number of unbranched alkanes of at least 4 members (excludes halogenated alkanes) is 1. The van der Waals surface area contributed by atoms with E-state index in [-0.39, 0.29) is 12.0 Å². The quantitative estimate of drug-likeness (QED) is 0.664. The zero-order valence-electron chi connectivity index (χ0n) is 11.9. The van der Waals surface area contributed by atoms with Crippen LogP contribution in [0.5, 0.6) is 0 Å². The van der Waals surface area contributed by atoms with E-state index in [1.54, 1.807) is 0 Å². The van der Waals surface area contributed by atoms with Crippen molar-refractivity contribution in [1.29, 1.82) is 0 Å². The van der Waals surface area contributed by atoms with Crippen molar-refractivity contribution in [3.63, 3.8) is 0 Å². The lowest BCUT2D eigenvalue weighted by Gasteiger charge is -2.37. The molecular weight excluding hydrogens is 253 g/mol. The molecule has 0 heterocycles. The number of alkyl halides is 3. The van der Waals surface area contributed by atoms with Crippen LogP contribution in [-0.2, 0) is 0 Å². The third-order valence-electron chi connectivity index (χ3n) is 4.19. The van der Waals surface area contributed by atoms with Gasteiger partial charge < -0.3 is 10.6 Å². The van der Waals surface area contributed by atoms with E-state index >= 15 is 0 Å². The molecule has 114 valence electrons. The predicted molar refractivity (Wildman–Crippen MR) is 72.3 cm³/mol. The molecule has 0 saturated heterocycles. The molecule has 5 heteroatoms. The molecule has 1 aliphatic rings. The number of hydrogen-bond donors (Lipinski definition) is 2. The van der Waals surface area contributed by atoms with Crippen molar-refractivity contribution in [2.45, 2.75) is 69.5 Å². The molecule has 0 spiro atoms. The van der Waals surface area contributed by atoms with Crippen LogP contribution in [0.25, 0.3) is 0 Å². The number of nitrogens with one attached hydrogen (secondary N) is 2. The SMILES string of the molecule is CNC1(CCNCCCCC(F)(F)F)CCCCC1. The fourth-order valence-electron chi connectivity index (χ4n) is 2.88. The third kappa shape index (κ3) is 7.16. The molecule has 2 nitrogen and oxygen atoms in total. The van der Waals surface area contributed by atoms with Crippen molar-refractivity contribution >= 4 is 0 Å². The summed E-state index contributed by atoms with van der Waals surface area (Å²) in [7, 11) is 2.02. The first kappa shape index (κ1) is 16.8. The van der Waals surface area contributed by atoms with E-state index in [9.17, 15) is 13.2 Å². The summed E-state index contributed by atoms with van der Waals surface area (Å²) >= 11 is 0. The molecular formula is C14H27F3N2. The van der Waals surface area contributed by atoms with E-state index in [2.05, 4.69) is 10.6 Å². The monoisotopic (exact) mass is 280 g/mol. The predicted octanol–water partition coefficient (Wildman–Crippen LogP) is 3.62. The van der Waals surface area contributed by atoms with E-state index < -0.39 is 12.6 Å². The van der Waals surface area contributed by atoms with Crippen LogP contribution in [-0.4, -0.2) is 31.9 Å². The molecule has 0 bridgehead atoms. The van der Waals surface area contributed by atoms with Crippen LogP contribution >= 0.6 is 0 Å². The Morgan fingerprint density at radius 1 is 1.00 bits per heavy atom. The molecule has 2 N–H and O–H groups in total.